The minimum absolute atomic E-state index is 0.0784. The van der Waals surface area contributed by atoms with Crippen LogP contribution in [0.2, 0.25) is 5.02 Å². The molecule has 0 saturated carbocycles. The third-order valence-electron chi connectivity index (χ3n) is 3.90. The predicted molar refractivity (Wildman–Crippen MR) is 90.0 cm³/mol. The fourth-order valence-corrected chi connectivity index (χ4v) is 2.97. The van der Waals surface area contributed by atoms with E-state index in [1.807, 2.05) is 20.8 Å². The molecular formula is C18H18ClNO3. The first-order chi connectivity index (χ1) is 10.8. The van der Waals surface area contributed by atoms with Gasteiger partial charge in [-0.25, -0.2) is 0 Å². The van der Waals surface area contributed by atoms with Crippen LogP contribution in [0.3, 0.4) is 0 Å². The summed E-state index contributed by atoms with van der Waals surface area (Å²) in [5.74, 6) is -0.0290. The fourth-order valence-electron chi connectivity index (χ4n) is 2.81. The van der Waals surface area contributed by atoms with Gasteiger partial charge in [0.25, 0.3) is 5.91 Å². The maximum Gasteiger partial charge on any atom is 0.266 e. The Morgan fingerprint density at radius 3 is 2.61 bits per heavy atom. The molecule has 2 aromatic carbocycles. The smallest absolute Gasteiger partial charge is 0.266 e. The summed E-state index contributed by atoms with van der Waals surface area (Å²) in [5, 5.41) is 14.5. The number of hydrogen-bond acceptors (Lipinski definition) is 3. The number of amides is 1. The molecule has 2 N–H and O–H groups in total. The van der Waals surface area contributed by atoms with Crippen molar-refractivity contribution in [3.8, 4) is 5.75 Å². The molecule has 0 saturated heterocycles. The highest BCUT2D eigenvalue weighted by molar-refractivity contribution is 6.31. The van der Waals surface area contributed by atoms with Crippen LogP contribution in [-0.2, 0) is 10.4 Å². The second-order valence-corrected chi connectivity index (χ2v) is 6.38. The van der Waals surface area contributed by atoms with Crippen LogP contribution in [0.5, 0.6) is 5.75 Å². The van der Waals surface area contributed by atoms with Gasteiger partial charge >= 0.3 is 0 Å². The van der Waals surface area contributed by atoms with Crippen LogP contribution in [0.25, 0.3) is 0 Å². The molecule has 1 unspecified atom stereocenters. The van der Waals surface area contributed by atoms with E-state index in [-0.39, 0.29) is 6.10 Å². The van der Waals surface area contributed by atoms with Gasteiger partial charge in [-0.2, -0.15) is 0 Å². The molecule has 3 rings (SSSR count). The van der Waals surface area contributed by atoms with E-state index in [1.165, 1.54) is 0 Å². The molecule has 0 aromatic heterocycles. The molecule has 23 heavy (non-hydrogen) atoms. The van der Waals surface area contributed by atoms with E-state index in [0.717, 1.165) is 5.56 Å². The average molecular weight is 332 g/mol. The molecule has 0 bridgehead atoms. The van der Waals surface area contributed by atoms with Crippen LogP contribution in [0, 0.1) is 6.92 Å². The zero-order valence-electron chi connectivity index (χ0n) is 13.2. The summed E-state index contributed by atoms with van der Waals surface area (Å²) in [4.78, 5) is 12.6. The van der Waals surface area contributed by atoms with Crippen molar-refractivity contribution in [1.29, 1.82) is 0 Å². The van der Waals surface area contributed by atoms with Crippen molar-refractivity contribution >= 4 is 23.2 Å². The van der Waals surface area contributed by atoms with E-state index in [0.29, 0.717) is 27.6 Å². The Morgan fingerprint density at radius 1 is 1.22 bits per heavy atom. The second kappa shape index (κ2) is 5.55. The van der Waals surface area contributed by atoms with Crippen molar-refractivity contribution in [2.45, 2.75) is 32.5 Å². The van der Waals surface area contributed by atoms with E-state index in [9.17, 15) is 9.90 Å². The number of carbonyl (C=O) groups is 1. The van der Waals surface area contributed by atoms with E-state index < -0.39 is 11.5 Å². The summed E-state index contributed by atoms with van der Waals surface area (Å²) in [5.41, 5.74) is 0.432. The highest BCUT2D eigenvalue weighted by Gasteiger charge is 2.48. The Hall–Kier alpha value is -2.04. The number of benzene rings is 2. The lowest BCUT2D eigenvalue weighted by molar-refractivity contribution is -0.129. The third-order valence-corrected chi connectivity index (χ3v) is 4.31. The van der Waals surface area contributed by atoms with Gasteiger partial charge < -0.3 is 15.2 Å². The molecule has 0 fully saturated rings. The Labute approximate surface area is 140 Å². The lowest BCUT2D eigenvalue weighted by Crippen LogP contribution is -2.36. The molecule has 0 aliphatic carbocycles. The quantitative estimate of drug-likeness (QED) is 0.903. The molecule has 2 aromatic rings. The number of nitrogens with one attached hydrogen (secondary N) is 1. The number of aliphatic hydroxyl groups is 1. The molecule has 5 heteroatoms. The van der Waals surface area contributed by atoms with Crippen molar-refractivity contribution < 1.29 is 14.6 Å². The second-order valence-electron chi connectivity index (χ2n) is 5.97. The molecule has 0 radical (unpaired) electrons. The number of carbonyl (C=O) groups excluding carboxylic acids is 1. The van der Waals surface area contributed by atoms with Crippen LogP contribution in [0.15, 0.2) is 36.4 Å². The maximum absolute atomic E-state index is 12.6. The summed E-state index contributed by atoms with van der Waals surface area (Å²) in [7, 11) is 0. The van der Waals surface area contributed by atoms with Crippen molar-refractivity contribution in [2.75, 3.05) is 5.32 Å². The zero-order chi connectivity index (χ0) is 16.8. The summed E-state index contributed by atoms with van der Waals surface area (Å²) >= 11 is 6.20. The van der Waals surface area contributed by atoms with Crippen molar-refractivity contribution in [3.05, 3.63) is 58.1 Å². The Morgan fingerprint density at radius 2 is 1.91 bits per heavy atom. The number of ether oxygens (including phenoxy) is 1. The van der Waals surface area contributed by atoms with E-state index in [1.54, 1.807) is 36.4 Å². The minimum atomic E-state index is -1.82. The number of aryl methyl sites for hydroxylation is 1. The summed E-state index contributed by atoms with van der Waals surface area (Å²) in [6, 6.07) is 10.4. The first-order valence-electron chi connectivity index (χ1n) is 7.44. The highest BCUT2D eigenvalue weighted by Crippen LogP contribution is 2.45. The fraction of sp³-hybridized carbons (Fsp3) is 0.278. The Kier molecular flexibility index (Phi) is 3.82. The van der Waals surface area contributed by atoms with Gasteiger partial charge in [0.15, 0.2) is 5.60 Å². The number of halogens is 1. The molecule has 1 aliphatic rings. The topological polar surface area (TPSA) is 58.6 Å². The molecule has 1 aliphatic heterocycles. The lowest BCUT2D eigenvalue weighted by atomic mass is 9.86. The molecular weight excluding hydrogens is 314 g/mol. The van der Waals surface area contributed by atoms with Crippen LogP contribution < -0.4 is 10.1 Å². The Bertz CT molecular complexity index is 788. The maximum atomic E-state index is 12.6. The minimum Gasteiger partial charge on any atom is -0.491 e. The molecule has 0 spiro atoms. The third kappa shape index (κ3) is 2.48. The van der Waals surface area contributed by atoms with Crippen LogP contribution in [-0.4, -0.2) is 17.1 Å². The average Bonchev–Trinajstić information content (AvgIpc) is 2.72. The molecule has 1 atom stereocenters. The summed E-state index contributed by atoms with van der Waals surface area (Å²) < 4.78 is 5.77. The zero-order valence-corrected chi connectivity index (χ0v) is 13.9. The van der Waals surface area contributed by atoms with Gasteiger partial charge in [-0.1, -0.05) is 29.8 Å². The van der Waals surface area contributed by atoms with E-state index >= 15 is 0 Å². The molecule has 4 nitrogen and oxygen atoms in total. The Balaban J connectivity index is 2.21. The first-order valence-corrected chi connectivity index (χ1v) is 7.82. The number of hydrogen-bond donors (Lipinski definition) is 2. The monoisotopic (exact) mass is 331 g/mol. The first kappa shape index (κ1) is 15.8. The molecule has 1 heterocycles. The number of anilines is 1. The van der Waals surface area contributed by atoms with Gasteiger partial charge in [0.1, 0.15) is 5.75 Å². The van der Waals surface area contributed by atoms with Crippen molar-refractivity contribution in [3.63, 3.8) is 0 Å². The lowest BCUT2D eigenvalue weighted by Gasteiger charge is -2.25. The van der Waals surface area contributed by atoms with Gasteiger partial charge in [-0.3, -0.25) is 4.79 Å². The molecule has 1 amide bonds. The van der Waals surface area contributed by atoms with Crippen LogP contribution in [0.1, 0.15) is 30.5 Å². The normalized spacial score (nSPS) is 19.7. The van der Waals surface area contributed by atoms with Gasteiger partial charge in [-0.15, -0.1) is 0 Å². The SMILES string of the molecule is Cc1cc2c(cc1Cl)C(O)(c1ccccc1OC(C)C)C(=O)N2. The van der Waals surface area contributed by atoms with E-state index in [2.05, 4.69) is 5.32 Å². The predicted octanol–water partition coefficient (Wildman–Crippen LogP) is 3.62. The van der Waals surface area contributed by atoms with Gasteiger partial charge in [0, 0.05) is 21.8 Å². The van der Waals surface area contributed by atoms with Gasteiger partial charge in [0.2, 0.25) is 0 Å². The van der Waals surface area contributed by atoms with Crippen LogP contribution >= 0.6 is 11.6 Å². The van der Waals surface area contributed by atoms with Gasteiger partial charge in [-0.05, 0) is 44.5 Å². The number of fused-ring (bicyclic) bond motifs is 1. The standard InChI is InChI=1S/C18H18ClNO3/c1-10(2)23-16-7-5-4-6-12(16)18(22)13-9-14(19)11(3)8-15(13)20-17(18)21/h4-10,22H,1-3H3,(H,20,21). The van der Waals surface area contributed by atoms with E-state index in [4.69, 9.17) is 16.3 Å². The summed E-state index contributed by atoms with van der Waals surface area (Å²) in [6.45, 7) is 5.63. The number of para-hydroxylation sites is 1. The highest BCUT2D eigenvalue weighted by atomic mass is 35.5. The van der Waals surface area contributed by atoms with Crippen LogP contribution in [0.4, 0.5) is 5.69 Å². The summed E-state index contributed by atoms with van der Waals surface area (Å²) in [6.07, 6.45) is -0.0784. The van der Waals surface area contributed by atoms with Crippen molar-refractivity contribution in [2.24, 2.45) is 0 Å². The number of rotatable bonds is 3. The molecule has 120 valence electrons. The van der Waals surface area contributed by atoms with Crippen molar-refractivity contribution in [1.82, 2.24) is 0 Å². The largest absolute Gasteiger partial charge is 0.491 e. The van der Waals surface area contributed by atoms with Gasteiger partial charge in [0.05, 0.1) is 6.10 Å².